The van der Waals surface area contributed by atoms with Gasteiger partial charge in [-0.3, -0.25) is 4.79 Å². The zero-order valence-corrected chi connectivity index (χ0v) is 11.2. The third-order valence-corrected chi connectivity index (χ3v) is 3.45. The molecule has 0 bridgehead atoms. The van der Waals surface area contributed by atoms with Crippen LogP contribution in [0.25, 0.3) is 0 Å². The zero-order valence-electron chi connectivity index (χ0n) is 11.2. The highest BCUT2D eigenvalue weighted by Gasteiger charge is 2.26. The molecule has 18 heavy (non-hydrogen) atoms. The van der Waals surface area contributed by atoms with Crippen LogP contribution in [0.5, 0.6) is 0 Å². The number of amides is 1. The Balaban J connectivity index is 2.10. The van der Waals surface area contributed by atoms with Crippen LogP contribution in [0.1, 0.15) is 42.3 Å². The first-order valence-corrected chi connectivity index (χ1v) is 6.79. The highest BCUT2D eigenvalue weighted by atomic mass is 16.3. The molecule has 1 aliphatic heterocycles. The lowest BCUT2D eigenvalue weighted by molar-refractivity contribution is 0.0642. The van der Waals surface area contributed by atoms with Crippen molar-refractivity contribution in [1.82, 2.24) is 10.2 Å². The van der Waals surface area contributed by atoms with E-state index in [1.54, 1.807) is 6.26 Å². The van der Waals surface area contributed by atoms with Crippen molar-refractivity contribution in [3.05, 3.63) is 23.7 Å². The van der Waals surface area contributed by atoms with Gasteiger partial charge in [0.2, 0.25) is 0 Å². The first kappa shape index (κ1) is 13.1. The fourth-order valence-corrected chi connectivity index (χ4v) is 2.53. The highest BCUT2D eigenvalue weighted by Crippen LogP contribution is 2.17. The first-order chi connectivity index (χ1) is 8.72. The lowest BCUT2D eigenvalue weighted by Gasteiger charge is -2.34. The van der Waals surface area contributed by atoms with Gasteiger partial charge in [-0.15, -0.1) is 0 Å². The molecule has 0 aliphatic carbocycles. The lowest BCUT2D eigenvalue weighted by Crippen LogP contribution is -2.46. The summed E-state index contributed by atoms with van der Waals surface area (Å²) >= 11 is 0. The summed E-state index contributed by atoms with van der Waals surface area (Å²) in [4.78, 5) is 14.5. The molecular weight excluding hydrogens is 228 g/mol. The number of furan rings is 1. The zero-order chi connectivity index (χ0) is 13.0. The minimum Gasteiger partial charge on any atom is -0.469 e. The molecule has 0 saturated carbocycles. The summed E-state index contributed by atoms with van der Waals surface area (Å²) in [6.45, 7) is 6.81. The smallest absolute Gasteiger partial charge is 0.257 e. The molecule has 0 aromatic carbocycles. The molecule has 100 valence electrons. The molecule has 1 amide bonds. The van der Waals surface area contributed by atoms with E-state index in [4.69, 9.17) is 4.42 Å². The monoisotopic (exact) mass is 250 g/mol. The molecule has 1 N–H and O–H groups in total. The fourth-order valence-electron chi connectivity index (χ4n) is 2.53. The molecule has 0 unspecified atom stereocenters. The minimum atomic E-state index is 0.112. The van der Waals surface area contributed by atoms with Gasteiger partial charge in [0.1, 0.15) is 12.0 Å². The van der Waals surface area contributed by atoms with Gasteiger partial charge in [0.25, 0.3) is 5.91 Å². The molecule has 2 rings (SSSR count). The Morgan fingerprint density at radius 2 is 2.22 bits per heavy atom. The number of nitrogens with one attached hydrogen (secondary N) is 1. The van der Waals surface area contributed by atoms with E-state index in [2.05, 4.69) is 12.2 Å². The number of carbonyl (C=O) groups is 1. The van der Waals surface area contributed by atoms with Crippen LogP contribution in [0.15, 0.2) is 16.7 Å². The summed E-state index contributed by atoms with van der Waals surface area (Å²) in [5.74, 6) is 0.903. The summed E-state index contributed by atoms with van der Waals surface area (Å²) in [7, 11) is 0. The Morgan fingerprint density at radius 1 is 1.50 bits per heavy atom. The summed E-state index contributed by atoms with van der Waals surface area (Å²) in [5, 5.41) is 3.34. The van der Waals surface area contributed by atoms with Crippen molar-refractivity contribution in [2.75, 3.05) is 19.6 Å². The minimum absolute atomic E-state index is 0.112. The number of aryl methyl sites for hydroxylation is 1. The second-order valence-electron chi connectivity index (χ2n) is 4.93. The van der Waals surface area contributed by atoms with E-state index in [-0.39, 0.29) is 5.91 Å². The number of piperidine rings is 1. The van der Waals surface area contributed by atoms with Gasteiger partial charge < -0.3 is 14.6 Å². The molecule has 1 saturated heterocycles. The number of rotatable bonds is 4. The van der Waals surface area contributed by atoms with Crippen molar-refractivity contribution in [3.8, 4) is 0 Å². The SMILES string of the molecule is CCCN(C(=O)c1coc(C)c1)C1CCNCC1. The van der Waals surface area contributed by atoms with Crippen LogP contribution in [0.2, 0.25) is 0 Å². The predicted molar refractivity (Wildman–Crippen MR) is 70.7 cm³/mol. The predicted octanol–water partition coefficient (Wildman–Crippen LogP) is 2.19. The van der Waals surface area contributed by atoms with Crippen LogP contribution in [0, 0.1) is 6.92 Å². The van der Waals surface area contributed by atoms with E-state index in [1.807, 2.05) is 17.9 Å². The van der Waals surface area contributed by atoms with E-state index >= 15 is 0 Å². The van der Waals surface area contributed by atoms with Gasteiger partial charge in [-0.25, -0.2) is 0 Å². The third kappa shape index (κ3) is 2.93. The van der Waals surface area contributed by atoms with Gasteiger partial charge in [0.15, 0.2) is 0 Å². The van der Waals surface area contributed by atoms with Crippen LogP contribution >= 0.6 is 0 Å². The standard InChI is InChI=1S/C14H22N2O2/c1-3-8-16(13-4-6-15-7-5-13)14(17)12-9-11(2)18-10-12/h9-10,13,15H,3-8H2,1-2H3. The van der Waals surface area contributed by atoms with Crippen molar-refractivity contribution < 1.29 is 9.21 Å². The first-order valence-electron chi connectivity index (χ1n) is 6.79. The molecule has 0 spiro atoms. The Labute approximate surface area is 108 Å². The van der Waals surface area contributed by atoms with Crippen molar-refractivity contribution in [2.45, 2.75) is 39.2 Å². The maximum absolute atomic E-state index is 12.5. The lowest BCUT2D eigenvalue weighted by atomic mass is 10.0. The van der Waals surface area contributed by atoms with Crippen LogP contribution in [0.3, 0.4) is 0 Å². The molecule has 0 radical (unpaired) electrons. The Morgan fingerprint density at radius 3 is 2.78 bits per heavy atom. The molecule has 1 aliphatic rings. The quantitative estimate of drug-likeness (QED) is 0.891. The van der Waals surface area contributed by atoms with Crippen molar-refractivity contribution in [3.63, 3.8) is 0 Å². The van der Waals surface area contributed by atoms with Gasteiger partial charge >= 0.3 is 0 Å². The van der Waals surface area contributed by atoms with Crippen molar-refractivity contribution in [2.24, 2.45) is 0 Å². The van der Waals surface area contributed by atoms with Gasteiger partial charge in [0.05, 0.1) is 5.56 Å². The van der Waals surface area contributed by atoms with E-state index in [9.17, 15) is 4.79 Å². The molecule has 1 aromatic rings. The van der Waals surface area contributed by atoms with Gasteiger partial charge in [0, 0.05) is 12.6 Å². The number of hydrogen-bond acceptors (Lipinski definition) is 3. The molecule has 2 heterocycles. The number of hydrogen-bond donors (Lipinski definition) is 1. The molecule has 4 heteroatoms. The fraction of sp³-hybridized carbons (Fsp3) is 0.643. The molecule has 0 atom stereocenters. The van der Waals surface area contributed by atoms with Crippen LogP contribution in [0.4, 0.5) is 0 Å². The van der Waals surface area contributed by atoms with Gasteiger partial charge in [-0.2, -0.15) is 0 Å². The average molecular weight is 250 g/mol. The Bertz CT molecular complexity index is 394. The maximum Gasteiger partial charge on any atom is 0.257 e. The van der Waals surface area contributed by atoms with E-state index in [1.165, 1.54) is 0 Å². The molecule has 1 aromatic heterocycles. The van der Waals surface area contributed by atoms with Crippen LogP contribution in [-0.2, 0) is 0 Å². The second-order valence-corrected chi connectivity index (χ2v) is 4.93. The normalized spacial score (nSPS) is 16.8. The Kier molecular flexibility index (Phi) is 4.42. The topological polar surface area (TPSA) is 45.5 Å². The number of nitrogens with zero attached hydrogens (tertiary/aromatic N) is 1. The number of carbonyl (C=O) groups excluding carboxylic acids is 1. The maximum atomic E-state index is 12.5. The largest absolute Gasteiger partial charge is 0.469 e. The van der Waals surface area contributed by atoms with Gasteiger partial charge in [-0.05, 0) is 45.3 Å². The van der Waals surface area contributed by atoms with Crippen LogP contribution in [-0.4, -0.2) is 36.5 Å². The molecular formula is C14H22N2O2. The molecule has 4 nitrogen and oxygen atoms in total. The summed E-state index contributed by atoms with van der Waals surface area (Å²) < 4.78 is 5.24. The van der Waals surface area contributed by atoms with Gasteiger partial charge in [-0.1, -0.05) is 6.92 Å². The summed E-state index contributed by atoms with van der Waals surface area (Å²) in [6.07, 6.45) is 4.65. The third-order valence-electron chi connectivity index (χ3n) is 3.45. The summed E-state index contributed by atoms with van der Waals surface area (Å²) in [5.41, 5.74) is 0.680. The van der Waals surface area contributed by atoms with Crippen LogP contribution < -0.4 is 5.32 Å². The molecule has 1 fully saturated rings. The Hall–Kier alpha value is -1.29. The second kappa shape index (κ2) is 6.05. The van der Waals surface area contributed by atoms with E-state index < -0.39 is 0 Å². The van der Waals surface area contributed by atoms with E-state index in [0.717, 1.165) is 44.7 Å². The van der Waals surface area contributed by atoms with E-state index in [0.29, 0.717) is 11.6 Å². The van der Waals surface area contributed by atoms with Crippen molar-refractivity contribution >= 4 is 5.91 Å². The van der Waals surface area contributed by atoms with Crippen molar-refractivity contribution in [1.29, 1.82) is 0 Å². The summed E-state index contributed by atoms with van der Waals surface area (Å²) in [6, 6.07) is 2.19. The highest BCUT2D eigenvalue weighted by molar-refractivity contribution is 5.94. The average Bonchev–Trinajstić information content (AvgIpc) is 2.83.